The Bertz CT molecular complexity index is 532. The van der Waals surface area contributed by atoms with Gasteiger partial charge in [0.1, 0.15) is 0 Å². The summed E-state index contributed by atoms with van der Waals surface area (Å²) < 4.78 is 33.1. The number of aromatic nitrogens is 2. The van der Waals surface area contributed by atoms with Gasteiger partial charge in [0.05, 0.1) is 6.33 Å². The van der Waals surface area contributed by atoms with Crippen molar-refractivity contribution in [3.05, 3.63) is 12.5 Å². The van der Waals surface area contributed by atoms with E-state index in [1.54, 1.807) is 18.7 Å². The van der Waals surface area contributed by atoms with Crippen LogP contribution in [0.25, 0.3) is 0 Å². The Morgan fingerprint density at radius 1 is 1.47 bits per heavy atom. The Hall–Kier alpha value is -0.920. The lowest BCUT2D eigenvalue weighted by atomic mass is 9.82. The van der Waals surface area contributed by atoms with E-state index in [1.165, 1.54) is 16.8 Å². The third-order valence-corrected chi connectivity index (χ3v) is 5.35. The van der Waals surface area contributed by atoms with E-state index in [9.17, 15) is 8.42 Å². The van der Waals surface area contributed by atoms with E-state index in [-0.39, 0.29) is 10.4 Å². The Morgan fingerprint density at radius 2 is 2.11 bits per heavy atom. The maximum absolute atomic E-state index is 12.4. The van der Waals surface area contributed by atoms with Gasteiger partial charge in [-0.1, -0.05) is 6.92 Å². The summed E-state index contributed by atoms with van der Waals surface area (Å²) in [6.45, 7) is 4.01. The molecule has 0 aromatic carbocycles. The normalized spacial score (nSPS) is 19.8. The van der Waals surface area contributed by atoms with Crippen molar-refractivity contribution in [2.75, 3.05) is 26.8 Å². The van der Waals surface area contributed by atoms with E-state index < -0.39 is 10.0 Å². The van der Waals surface area contributed by atoms with Crippen molar-refractivity contribution in [2.24, 2.45) is 12.5 Å². The summed E-state index contributed by atoms with van der Waals surface area (Å²) >= 11 is 0. The third-order valence-electron chi connectivity index (χ3n) is 3.66. The lowest BCUT2D eigenvalue weighted by Gasteiger charge is -2.36. The molecule has 0 unspecified atom stereocenters. The standard InChI is InChI=1S/C12H21N3O3S/c1-12(4-6-18-7-5-12)9-15(3)19(16,17)11-8-14(2)10-13-11/h8,10H,4-7,9H2,1-3H3. The maximum atomic E-state index is 12.4. The average molecular weight is 287 g/mol. The number of hydrogen-bond donors (Lipinski definition) is 0. The second-order valence-corrected chi connectivity index (χ2v) is 7.55. The summed E-state index contributed by atoms with van der Waals surface area (Å²) in [4.78, 5) is 3.93. The Labute approximate surface area is 114 Å². The zero-order chi connectivity index (χ0) is 14.1. The van der Waals surface area contributed by atoms with E-state index in [0.29, 0.717) is 19.8 Å². The molecule has 2 heterocycles. The van der Waals surface area contributed by atoms with E-state index in [0.717, 1.165) is 12.8 Å². The van der Waals surface area contributed by atoms with Crippen LogP contribution in [0, 0.1) is 5.41 Å². The number of sulfonamides is 1. The van der Waals surface area contributed by atoms with Gasteiger partial charge in [0.25, 0.3) is 10.0 Å². The van der Waals surface area contributed by atoms with Crippen molar-refractivity contribution in [1.82, 2.24) is 13.9 Å². The van der Waals surface area contributed by atoms with Crippen LogP contribution in [-0.4, -0.2) is 49.1 Å². The largest absolute Gasteiger partial charge is 0.381 e. The third kappa shape index (κ3) is 3.16. The Balaban J connectivity index is 2.12. The highest BCUT2D eigenvalue weighted by atomic mass is 32.2. The minimum Gasteiger partial charge on any atom is -0.381 e. The SMILES string of the molecule is CN(CC1(C)CCOCC1)S(=O)(=O)c1cn(C)cn1. The topological polar surface area (TPSA) is 64.4 Å². The highest BCUT2D eigenvalue weighted by Gasteiger charge is 2.33. The summed E-state index contributed by atoms with van der Waals surface area (Å²) in [5, 5.41) is 0.105. The average Bonchev–Trinajstić information content (AvgIpc) is 2.77. The second-order valence-electron chi connectivity index (χ2n) is 5.56. The quantitative estimate of drug-likeness (QED) is 0.824. The van der Waals surface area contributed by atoms with Gasteiger partial charge in [-0.05, 0) is 18.3 Å². The first-order chi connectivity index (χ1) is 8.83. The summed E-state index contributed by atoms with van der Waals surface area (Å²) in [6.07, 6.45) is 4.79. The number of aryl methyl sites for hydroxylation is 1. The molecule has 6 nitrogen and oxygen atoms in total. The monoisotopic (exact) mass is 287 g/mol. The fourth-order valence-electron chi connectivity index (χ4n) is 2.33. The van der Waals surface area contributed by atoms with Crippen molar-refractivity contribution in [2.45, 2.75) is 24.8 Å². The molecule has 0 saturated carbocycles. The molecular weight excluding hydrogens is 266 g/mol. The highest BCUT2D eigenvalue weighted by molar-refractivity contribution is 7.89. The molecule has 1 aliphatic rings. The van der Waals surface area contributed by atoms with E-state index >= 15 is 0 Å². The van der Waals surface area contributed by atoms with Crippen molar-refractivity contribution in [3.8, 4) is 0 Å². The molecule has 2 rings (SSSR count). The number of imidazole rings is 1. The number of ether oxygens (including phenoxy) is 1. The molecule has 1 aliphatic heterocycles. The first kappa shape index (κ1) is 14.5. The van der Waals surface area contributed by atoms with E-state index in [1.807, 2.05) is 0 Å². The van der Waals surface area contributed by atoms with Gasteiger partial charge in [0.15, 0.2) is 5.03 Å². The van der Waals surface area contributed by atoms with Gasteiger partial charge >= 0.3 is 0 Å². The molecule has 0 spiro atoms. The summed E-state index contributed by atoms with van der Waals surface area (Å²) in [5.74, 6) is 0. The van der Waals surface area contributed by atoms with Gasteiger partial charge in [-0.2, -0.15) is 4.31 Å². The fourth-order valence-corrected chi connectivity index (χ4v) is 3.61. The predicted octanol–water partition coefficient (Wildman–Crippen LogP) is 0.857. The van der Waals surface area contributed by atoms with Crippen LogP contribution in [0.5, 0.6) is 0 Å². The smallest absolute Gasteiger partial charge is 0.261 e. The summed E-state index contributed by atoms with van der Waals surface area (Å²) in [7, 11) is -0.124. The Kier molecular flexibility index (Phi) is 3.98. The van der Waals surface area contributed by atoms with Gasteiger partial charge in [0, 0.05) is 40.1 Å². The van der Waals surface area contributed by atoms with Gasteiger partial charge in [-0.3, -0.25) is 0 Å². The molecule has 1 fully saturated rings. The molecule has 0 aliphatic carbocycles. The van der Waals surface area contributed by atoms with Crippen LogP contribution >= 0.6 is 0 Å². The number of rotatable bonds is 4. The number of nitrogens with zero attached hydrogens (tertiary/aromatic N) is 3. The van der Waals surface area contributed by atoms with Crippen LogP contribution in [0.2, 0.25) is 0 Å². The summed E-state index contributed by atoms with van der Waals surface area (Å²) in [5.41, 5.74) is -0.0190. The van der Waals surface area contributed by atoms with Gasteiger partial charge in [-0.15, -0.1) is 0 Å². The minimum atomic E-state index is -3.50. The first-order valence-corrected chi connectivity index (χ1v) is 7.80. The molecule has 1 aromatic heterocycles. The van der Waals surface area contributed by atoms with E-state index in [2.05, 4.69) is 11.9 Å². The molecule has 0 bridgehead atoms. The predicted molar refractivity (Wildman–Crippen MR) is 71.2 cm³/mol. The van der Waals surface area contributed by atoms with Crippen molar-refractivity contribution < 1.29 is 13.2 Å². The molecule has 0 amide bonds. The summed E-state index contributed by atoms with van der Waals surface area (Å²) in [6, 6.07) is 0. The van der Waals surface area contributed by atoms with Crippen LogP contribution in [0.15, 0.2) is 17.6 Å². The van der Waals surface area contributed by atoms with Crippen LogP contribution in [0.1, 0.15) is 19.8 Å². The minimum absolute atomic E-state index is 0.0190. The van der Waals surface area contributed by atoms with E-state index in [4.69, 9.17) is 4.74 Å². The zero-order valence-electron chi connectivity index (χ0n) is 11.7. The van der Waals surface area contributed by atoms with Crippen LogP contribution < -0.4 is 0 Å². The molecule has 7 heteroatoms. The molecular formula is C12H21N3O3S. The molecule has 0 atom stereocenters. The van der Waals surface area contributed by atoms with Crippen LogP contribution in [0.3, 0.4) is 0 Å². The van der Waals surface area contributed by atoms with Crippen LogP contribution in [-0.2, 0) is 21.8 Å². The molecule has 1 aromatic rings. The van der Waals surface area contributed by atoms with Crippen molar-refractivity contribution in [3.63, 3.8) is 0 Å². The highest BCUT2D eigenvalue weighted by Crippen LogP contribution is 2.31. The zero-order valence-corrected chi connectivity index (χ0v) is 12.5. The maximum Gasteiger partial charge on any atom is 0.261 e. The van der Waals surface area contributed by atoms with Gasteiger partial charge in [-0.25, -0.2) is 13.4 Å². The first-order valence-electron chi connectivity index (χ1n) is 6.36. The molecule has 0 radical (unpaired) electrons. The van der Waals surface area contributed by atoms with Crippen molar-refractivity contribution in [1.29, 1.82) is 0 Å². The lowest BCUT2D eigenvalue weighted by Crippen LogP contribution is -2.40. The fraction of sp³-hybridized carbons (Fsp3) is 0.750. The van der Waals surface area contributed by atoms with Crippen molar-refractivity contribution >= 4 is 10.0 Å². The number of hydrogen-bond acceptors (Lipinski definition) is 4. The van der Waals surface area contributed by atoms with Crippen LogP contribution in [0.4, 0.5) is 0 Å². The Morgan fingerprint density at radius 3 is 2.63 bits per heavy atom. The van der Waals surface area contributed by atoms with Gasteiger partial charge in [0.2, 0.25) is 0 Å². The van der Waals surface area contributed by atoms with Gasteiger partial charge < -0.3 is 9.30 Å². The molecule has 19 heavy (non-hydrogen) atoms. The lowest BCUT2D eigenvalue weighted by molar-refractivity contribution is 0.0174. The molecule has 108 valence electrons. The molecule has 0 N–H and O–H groups in total. The second kappa shape index (κ2) is 5.22. The molecule has 1 saturated heterocycles.